The Morgan fingerprint density at radius 2 is 2.00 bits per heavy atom. The van der Waals surface area contributed by atoms with Crippen LogP contribution in [0, 0.1) is 9.39 Å². The molecule has 1 N–H and O–H groups in total. The molecule has 0 amide bonds. The minimum Gasteiger partial charge on any atom is -0.370 e. The van der Waals surface area contributed by atoms with E-state index < -0.39 is 0 Å². The molecule has 0 spiro atoms. The lowest BCUT2D eigenvalue weighted by molar-refractivity contribution is 0.614. The van der Waals surface area contributed by atoms with E-state index in [-0.39, 0.29) is 5.82 Å². The monoisotopic (exact) mass is 342 g/mol. The van der Waals surface area contributed by atoms with Crippen molar-refractivity contribution in [3.63, 3.8) is 0 Å². The number of hydrogen-bond donors (Lipinski definition) is 1. The zero-order chi connectivity index (χ0) is 12.1. The van der Waals surface area contributed by atoms with Crippen molar-refractivity contribution in [3.8, 4) is 0 Å². The lowest BCUT2D eigenvalue weighted by Gasteiger charge is -2.06. The Kier molecular flexibility index (Phi) is 4.30. The number of benzene rings is 1. The van der Waals surface area contributed by atoms with Crippen LogP contribution in [0.5, 0.6) is 0 Å². The highest BCUT2D eigenvalue weighted by atomic mass is 127. The molecule has 17 heavy (non-hydrogen) atoms. The molecule has 2 rings (SSSR count). The Balaban J connectivity index is 1.88. The van der Waals surface area contributed by atoms with Gasteiger partial charge in [-0.15, -0.1) is 0 Å². The molecule has 1 aromatic heterocycles. The van der Waals surface area contributed by atoms with Crippen molar-refractivity contribution in [2.24, 2.45) is 0 Å². The predicted molar refractivity (Wildman–Crippen MR) is 75.5 cm³/mol. The molecule has 0 aliphatic rings. The van der Waals surface area contributed by atoms with Crippen LogP contribution < -0.4 is 5.32 Å². The predicted octanol–water partition coefficient (Wildman–Crippen LogP) is 3.48. The summed E-state index contributed by atoms with van der Waals surface area (Å²) in [6, 6.07) is 11.9. The minimum atomic E-state index is -0.279. The summed E-state index contributed by atoms with van der Waals surface area (Å²) in [6.07, 6.45) is 2.17. The van der Waals surface area contributed by atoms with Gasteiger partial charge in [-0.05, 0) is 40.6 Å². The van der Waals surface area contributed by atoms with Crippen LogP contribution in [-0.2, 0) is 6.42 Å². The molecule has 2 nitrogen and oxygen atoms in total. The van der Waals surface area contributed by atoms with Gasteiger partial charge >= 0.3 is 0 Å². The van der Waals surface area contributed by atoms with E-state index in [2.05, 4.69) is 22.4 Å². The highest BCUT2D eigenvalue weighted by Crippen LogP contribution is 2.13. The van der Waals surface area contributed by atoms with Crippen LogP contribution in [0.25, 0.3) is 0 Å². The average Bonchev–Trinajstić information content (AvgIpc) is 2.35. The van der Waals surface area contributed by atoms with E-state index in [1.807, 2.05) is 40.8 Å². The molecular formula is C13H12FIN2. The van der Waals surface area contributed by atoms with Crippen molar-refractivity contribution in [3.05, 3.63) is 57.5 Å². The van der Waals surface area contributed by atoms with E-state index in [1.54, 1.807) is 6.07 Å². The van der Waals surface area contributed by atoms with E-state index in [0.29, 0.717) is 9.39 Å². The third-order valence-corrected chi connectivity index (χ3v) is 3.20. The number of rotatable bonds is 4. The van der Waals surface area contributed by atoms with Gasteiger partial charge < -0.3 is 5.32 Å². The summed E-state index contributed by atoms with van der Waals surface area (Å²) in [7, 11) is 0. The summed E-state index contributed by atoms with van der Waals surface area (Å²) in [4.78, 5) is 3.98. The van der Waals surface area contributed by atoms with Crippen molar-refractivity contribution < 1.29 is 4.39 Å². The standard InChI is InChI=1S/C13H12FIN2/c14-11-9-17-13(8-12(11)15)16-7-6-10-4-2-1-3-5-10/h1-5,8-9H,6-7H2,(H,16,17). The van der Waals surface area contributed by atoms with Crippen LogP contribution in [0.2, 0.25) is 0 Å². The summed E-state index contributed by atoms with van der Waals surface area (Å²) in [6.45, 7) is 0.790. The Bertz CT molecular complexity index is 488. The molecule has 2 aromatic rings. The van der Waals surface area contributed by atoms with Gasteiger partial charge in [-0.2, -0.15) is 0 Å². The van der Waals surface area contributed by atoms with Crippen LogP contribution in [0.15, 0.2) is 42.6 Å². The van der Waals surface area contributed by atoms with Gasteiger partial charge in [-0.1, -0.05) is 30.3 Å². The molecule has 0 saturated heterocycles. The second kappa shape index (κ2) is 5.95. The molecule has 88 valence electrons. The molecule has 4 heteroatoms. The van der Waals surface area contributed by atoms with Crippen molar-refractivity contribution >= 4 is 28.4 Å². The van der Waals surface area contributed by atoms with E-state index in [9.17, 15) is 4.39 Å². The second-order valence-corrected chi connectivity index (χ2v) is 4.81. The lowest BCUT2D eigenvalue weighted by atomic mass is 10.1. The van der Waals surface area contributed by atoms with Gasteiger partial charge in [0, 0.05) is 6.54 Å². The topological polar surface area (TPSA) is 24.9 Å². The molecule has 0 saturated carbocycles. The third kappa shape index (κ3) is 3.66. The molecule has 0 bridgehead atoms. The van der Waals surface area contributed by atoms with E-state index in [4.69, 9.17) is 0 Å². The number of anilines is 1. The molecule has 1 aromatic carbocycles. The summed E-state index contributed by atoms with van der Waals surface area (Å²) in [5.74, 6) is 0.436. The molecular weight excluding hydrogens is 330 g/mol. The summed E-state index contributed by atoms with van der Waals surface area (Å²) < 4.78 is 13.6. The fourth-order valence-corrected chi connectivity index (χ4v) is 1.92. The number of aromatic nitrogens is 1. The smallest absolute Gasteiger partial charge is 0.154 e. The average molecular weight is 342 g/mol. The summed E-state index contributed by atoms with van der Waals surface area (Å²) in [5.41, 5.74) is 1.27. The Morgan fingerprint density at radius 3 is 2.71 bits per heavy atom. The van der Waals surface area contributed by atoms with Crippen molar-refractivity contribution in [1.29, 1.82) is 0 Å². The van der Waals surface area contributed by atoms with E-state index in [1.165, 1.54) is 11.8 Å². The van der Waals surface area contributed by atoms with Crippen LogP contribution in [0.1, 0.15) is 5.56 Å². The first-order valence-electron chi connectivity index (χ1n) is 5.34. The maximum absolute atomic E-state index is 13.0. The van der Waals surface area contributed by atoms with Crippen LogP contribution in [0.4, 0.5) is 10.2 Å². The SMILES string of the molecule is Fc1cnc(NCCc2ccccc2)cc1I. The first kappa shape index (κ1) is 12.3. The molecule has 0 aliphatic carbocycles. The maximum atomic E-state index is 13.0. The number of halogens is 2. The van der Waals surface area contributed by atoms with Crippen LogP contribution >= 0.6 is 22.6 Å². The first-order chi connectivity index (χ1) is 8.25. The normalized spacial score (nSPS) is 10.2. The first-order valence-corrected chi connectivity index (χ1v) is 6.42. The molecule has 0 unspecified atom stereocenters. The summed E-state index contributed by atoms with van der Waals surface area (Å²) in [5, 5.41) is 3.18. The van der Waals surface area contributed by atoms with Gasteiger partial charge in [0.25, 0.3) is 0 Å². The van der Waals surface area contributed by atoms with Crippen LogP contribution in [0.3, 0.4) is 0 Å². The van der Waals surface area contributed by atoms with Gasteiger partial charge in [0.05, 0.1) is 9.77 Å². The van der Waals surface area contributed by atoms with E-state index >= 15 is 0 Å². The number of nitrogens with one attached hydrogen (secondary N) is 1. The highest BCUT2D eigenvalue weighted by molar-refractivity contribution is 14.1. The lowest BCUT2D eigenvalue weighted by Crippen LogP contribution is -2.06. The van der Waals surface area contributed by atoms with Gasteiger partial charge in [0.1, 0.15) is 5.82 Å². The number of nitrogens with zero attached hydrogens (tertiary/aromatic N) is 1. The van der Waals surface area contributed by atoms with Crippen molar-refractivity contribution in [2.45, 2.75) is 6.42 Å². The highest BCUT2D eigenvalue weighted by Gasteiger charge is 2.01. The van der Waals surface area contributed by atoms with Crippen molar-refractivity contribution in [1.82, 2.24) is 4.98 Å². The Morgan fingerprint density at radius 1 is 1.24 bits per heavy atom. The molecule has 0 aliphatic heterocycles. The fourth-order valence-electron chi connectivity index (χ4n) is 1.49. The fraction of sp³-hybridized carbons (Fsp3) is 0.154. The van der Waals surface area contributed by atoms with Crippen molar-refractivity contribution in [2.75, 3.05) is 11.9 Å². The van der Waals surface area contributed by atoms with Gasteiger partial charge in [0.2, 0.25) is 0 Å². The quantitative estimate of drug-likeness (QED) is 0.861. The van der Waals surface area contributed by atoms with E-state index in [0.717, 1.165) is 13.0 Å². The zero-order valence-corrected chi connectivity index (χ0v) is 11.3. The maximum Gasteiger partial charge on any atom is 0.154 e. The van der Waals surface area contributed by atoms with Crippen LogP contribution in [-0.4, -0.2) is 11.5 Å². The zero-order valence-electron chi connectivity index (χ0n) is 9.16. The van der Waals surface area contributed by atoms with Gasteiger partial charge in [-0.3, -0.25) is 0 Å². The number of pyridine rings is 1. The summed E-state index contributed by atoms with van der Waals surface area (Å²) >= 11 is 1.96. The van der Waals surface area contributed by atoms with Gasteiger partial charge in [-0.25, -0.2) is 9.37 Å². The molecule has 0 atom stereocenters. The third-order valence-electron chi connectivity index (χ3n) is 2.37. The molecule has 0 fully saturated rings. The molecule has 1 heterocycles. The number of hydrogen-bond acceptors (Lipinski definition) is 2. The van der Waals surface area contributed by atoms with Gasteiger partial charge in [0.15, 0.2) is 5.82 Å². The Hall–Kier alpha value is -1.17. The minimum absolute atomic E-state index is 0.279. The Labute approximate surface area is 113 Å². The second-order valence-electron chi connectivity index (χ2n) is 3.65. The molecule has 0 radical (unpaired) electrons. The largest absolute Gasteiger partial charge is 0.370 e.